The quantitative estimate of drug-likeness (QED) is 0.126. The smallest absolute Gasteiger partial charge is 0.283 e. The summed E-state index contributed by atoms with van der Waals surface area (Å²) in [5, 5.41) is 20.7. The molecular weight excluding hydrogens is 514 g/mol. The fourth-order valence-corrected chi connectivity index (χ4v) is 5.91. The average molecular weight is 528 g/mol. The highest BCUT2D eigenvalue weighted by atomic mass is 32.2. The highest BCUT2D eigenvalue weighted by molar-refractivity contribution is 8.01. The molecule has 5 rings (SSSR count). The van der Waals surface area contributed by atoms with Gasteiger partial charge in [-0.1, -0.05) is 30.0 Å². The van der Waals surface area contributed by atoms with Crippen LogP contribution in [0.1, 0.15) is 26.3 Å². The highest BCUT2D eigenvalue weighted by Crippen LogP contribution is 2.40. The minimum atomic E-state index is -0.932. The number of amides is 3. The lowest BCUT2D eigenvalue weighted by atomic mass is 10.1. The molecule has 0 radical (unpaired) electrons. The van der Waals surface area contributed by atoms with Crippen LogP contribution in [0.25, 0.3) is 16.3 Å². The molecule has 10 nitrogen and oxygen atoms in total. The Morgan fingerprint density at radius 1 is 1.11 bits per heavy atom. The molecule has 37 heavy (non-hydrogen) atoms. The molecule has 0 bridgehead atoms. The standard InChI is InChI=1S/C25H13N5O5S2/c26-12-14(22(27)31)9-13-5-8-20(19(10-13)30(34)35)36-25-28-18-7-6-15(11-21(18)37-25)29-23(32)16-3-1-2-4-17(16)24(29)33/h1-11H,(H2,27,31)/b14-9+. The number of hydrogen-bond donors (Lipinski definition) is 1. The van der Waals surface area contributed by atoms with E-state index in [-0.39, 0.29) is 16.8 Å². The largest absolute Gasteiger partial charge is 0.365 e. The van der Waals surface area contributed by atoms with Crippen molar-refractivity contribution >= 4 is 68.5 Å². The third-order valence-electron chi connectivity index (χ3n) is 5.48. The molecular formula is C25H13N5O5S2. The Morgan fingerprint density at radius 2 is 1.81 bits per heavy atom. The number of nitro groups is 1. The summed E-state index contributed by atoms with van der Waals surface area (Å²) in [7, 11) is 0. The fraction of sp³-hybridized carbons (Fsp3) is 0. The number of nitrogens with zero attached hydrogens (tertiary/aromatic N) is 4. The van der Waals surface area contributed by atoms with E-state index in [1.165, 1.54) is 35.6 Å². The number of carbonyl (C=O) groups is 3. The molecule has 0 aliphatic carbocycles. The Hall–Kier alpha value is -4.86. The lowest BCUT2D eigenvalue weighted by Gasteiger charge is -2.13. The van der Waals surface area contributed by atoms with E-state index in [0.717, 1.165) is 16.7 Å². The molecule has 1 aromatic heterocycles. The van der Waals surface area contributed by atoms with Gasteiger partial charge >= 0.3 is 0 Å². The summed E-state index contributed by atoms with van der Waals surface area (Å²) in [5.74, 6) is -1.74. The van der Waals surface area contributed by atoms with E-state index >= 15 is 0 Å². The number of aromatic nitrogens is 1. The van der Waals surface area contributed by atoms with Gasteiger partial charge in [0.2, 0.25) is 0 Å². The average Bonchev–Trinajstić information content (AvgIpc) is 3.40. The van der Waals surface area contributed by atoms with E-state index in [2.05, 4.69) is 4.98 Å². The van der Waals surface area contributed by atoms with Crippen LogP contribution in [0.5, 0.6) is 0 Å². The Bertz CT molecular complexity index is 1700. The zero-order chi connectivity index (χ0) is 26.3. The number of rotatable bonds is 6. The number of imide groups is 1. The van der Waals surface area contributed by atoms with E-state index in [4.69, 9.17) is 11.0 Å². The Kier molecular flexibility index (Phi) is 6.00. The molecule has 0 fully saturated rings. The van der Waals surface area contributed by atoms with E-state index < -0.39 is 22.6 Å². The first-order valence-corrected chi connectivity index (χ1v) is 12.2. The molecule has 2 heterocycles. The van der Waals surface area contributed by atoms with E-state index in [1.54, 1.807) is 48.5 Å². The van der Waals surface area contributed by atoms with Gasteiger partial charge in [0.05, 0.1) is 36.8 Å². The van der Waals surface area contributed by atoms with Crippen LogP contribution in [-0.2, 0) is 4.79 Å². The van der Waals surface area contributed by atoms with Crippen molar-refractivity contribution in [1.82, 2.24) is 4.98 Å². The van der Waals surface area contributed by atoms with Crippen LogP contribution in [-0.4, -0.2) is 27.6 Å². The van der Waals surface area contributed by atoms with Gasteiger partial charge in [0.25, 0.3) is 23.4 Å². The number of nitrogens with two attached hydrogens (primary N) is 1. The van der Waals surface area contributed by atoms with Crippen LogP contribution in [0, 0.1) is 21.4 Å². The van der Waals surface area contributed by atoms with Crippen LogP contribution in [0.3, 0.4) is 0 Å². The summed E-state index contributed by atoms with van der Waals surface area (Å²) >= 11 is 2.34. The van der Waals surface area contributed by atoms with Crippen LogP contribution in [0.15, 0.2) is 75.5 Å². The zero-order valence-corrected chi connectivity index (χ0v) is 20.2. The molecule has 1 aliphatic rings. The second-order valence-corrected chi connectivity index (χ2v) is 10.1. The number of carbonyl (C=O) groups excluding carboxylic acids is 3. The highest BCUT2D eigenvalue weighted by Gasteiger charge is 2.36. The van der Waals surface area contributed by atoms with Crippen molar-refractivity contribution in [1.29, 1.82) is 5.26 Å². The molecule has 2 N–H and O–H groups in total. The summed E-state index contributed by atoms with van der Waals surface area (Å²) in [6.45, 7) is 0. The molecule has 4 aromatic rings. The molecule has 1 aliphatic heterocycles. The number of anilines is 1. The first kappa shape index (κ1) is 23.9. The number of hydrogen-bond acceptors (Lipinski definition) is 9. The normalized spacial score (nSPS) is 13.1. The number of nitro benzene ring substituents is 1. The number of primary amides is 1. The maximum Gasteiger partial charge on any atom is 0.283 e. The molecule has 12 heteroatoms. The van der Waals surface area contributed by atoms with Gasteiger partial charge in [-0.05, 0) is 48.0 Å². The van der Waals surface area contributed by atoms with E-state index in [9.17, 15) is 24.5 Å². The van der Waals surface area contributed by atoms with Crippen LogP contribution >= 0.6 is 23.1 Å². The number of nitriles is 1. The molecule has 0 atom stereocenters. The van der Waals surface area contributed by atoms with Gasteiger partial charge in [-0.15, -0.1) is 11.3 Å². The van der Waals surface area contributed by atoms with Crippen molar-refractivity contribution in [3.8, 4) is 6.07 Å². The van der Waals surface area contributed by atoms with Gasteiger partial charge < -0.3 is 5.73 Å². The Morgan fingerprint density at radius 3 is 2.43 bits per heavy atom. The lowest BCUT2D eigenvalue weighted by Crippen LogP contribution is -2.29. The predicted octanol–water partition coefficient (Wildman–Crippen LogP) is 4.55. The maximum absolute atomic E-state index is 12.8. The van der Waals surface area contributed by atoms with Crippen molar-refractivity contribution in [3.05, 3.63) is 93.0 Å². The van der Waals surface area contributed by atoms with E-state index in [0.29, 0.717) is 36.3 Å². The summed E-state index contributed by atoms with van der Waals surface area (Å²) < 4.78 is 1.20. The van der Waals surface area contributed by atoms with Gasteiger partial charge in [-0.25, -0.2) is 9.88 Å². The minimum Gasteiger partial charge on any atom is -0.365 e. The SMILES string of the molecule is N#C/C(=C\c1ccc(Sc2nc3ccc(N4C(=O)c5ccccc5C4=O)cc3s2)c([N+](=O)[O-])c1)C(N)=O. The number of fused-ring (bicyclic) bond motifs is 2. The maximum atomic E-state index is 12.8. The molecule has 3 amide bonds. The van der Waals surface area contributed by atoms with Crippen molar-refractivity contribution in [3.63, 3.8) is 0 Å². The van der Waals surface area contributed by atoms with Gasteiger partial charge in [0.1, 0.15) is 11.6 Å². The molecule has 180 valence electrons. The number of benzene rings is 3. The molecule has 0 unspecified atom stereocenters. The van der Waals surface area contributed by atoms with Crippen molar-refractivity contribution in [2.75, 3.05) is 4.90 Å². The Balaban J connectivity index is 1.45. The summed E-state index contributed by atoms with van der Waals surface area (Å²) in [6, 6.07) is 17.6. The monoisotopic (exact) mass is 527 g/mol. The van der Waals surface area contributed by atoms with Gasteiger partial charge in [-0.3, -0.25) is 24.5 Å². The minimum absolute atomic E-state index is 0.230. The predicted molar refractivity (Wildman–Crippen MR) is 137 cm³/mol. The third kappa shape index (κ3) is 4.33. The van der Waals surface area contributed by atoms with Crippen molar-refractivity contribution < 1.29 is 19.3 Å². The molecule has 0 spiro atoms. The third-order valence-corrected chi connectivity index (χ3v) is 7.62. The van der Waals surface area contributed by atoms with E-state index in [1.807, 2.05) is 0 Å². The van der Waals surface area contributed by atoms with Gasteiger partial charge in [-0.2, -0.15) is 5.26 Å². The molecule has 3 aromatic carbocycles. The van der Waals surface area contributed by atoms with Crippen molar-refractivity contribution in [2.24, 2.45) is 5.73 Å². The van der Waals surface area contributed by atoms with Gasteiger partial charge in [0, 0.05) is 6.07 Å². The number of thiazole rings is 1. The van der Waals surface area contributed by atoms with Gasteiger partial charge in [0.15, 0.2) is 4.34 Å². The fourth-order valence-electron chi connectivity index (χ4n) is 3.77. The van der Waals surface area contributed by atoms with Crippen LogP contribution < -0.4 is 10.6 Å². The molecule has 0 saturated carbocycles. The van der Waals surface area contributed by atoms with Crippen molar-refractivity contribution in [2.45, 2.75) is 9.24 Å². The molecule has 0 saturated heterocycles. The first-order chi connectivity index (χ1) is 17.8. The van der Waals surface area contributed by atoms with Crippen LogP contribution in [0.2, 0.25) is 0 Å². The first-order valence-electron chi connectivity index (χ1n) is 10.5. The van der Waals surface area contributed by atoms with Crippen LogP contribution in [0.4, 0.5) is 11.4 Å². The lowest BCUT2D eigenvalue weighted by molar-refractivity contribution is -0.387. The summed E-state index contributed by atoms with van der Waals surface area (Å²) in [4.78, 5) is 54.0. The second kappa shape index (κ2) is 9.30. The summed E-state index contributed by atoms with van der Waals surface area (Å²) in [5.41, 5.74) is 6.56. The zero-order valence-electron chi connectivity index (χ0n) is 18.6. The second-order valence-electron chi connectivity index (χ2n) is 7.74. The summed E-state index contributed by atoms with van der Waals surface area (Å²) in [6.07, 6.45) is 1.18. The topological polar surface area (TPSA) is 160 Å². The Labute approximate surface area is 216 Å².